The van der Waals surface area contributed by atoms with Gasteiger partial charge in [0.15, 0.2) is 0 Å². The Labute approximate surface area is 102 Å². The third-order valence-electron chi connectivity index (χ3n) is 1.89. The van der Waals surface area contributed by atoms with Crippen LogP contribution in [0, 0.1) is 0 Å². The van der Waals surface area contributed by atoms with E-state index in [1.807, 2.05) is 0 Å². The molecular weight excluding hydrogens is 224 g/mol. The summed E-state index contributed by atoms with van der Waals surface area (Å²) >= 11 is 0. The van der Waals surface area contributed by atoms with Crippen LogP contribution in [0.3, 0.4) is 0 Å². The van der Waals surface area contributed by atoms with E-state index in [0.29, 0.717) is 19.1 Å². The van der Waals surface area contributed by atoms with Crippen molar-refractivity contribution < 1.29 is 19.4 Å². The van der Waals surface area contributed by atoms with Crippen LogP contribution in [0.4, 0.5) is 4.79 Å². The van der Waals surface area contributed by atoms with Crippen LogP contribution in [0.2, 0.25) is 0 Å². The molecule has 0 rings (SSSR count). The number of hydrogen-bond acceptors (Lipinski definition) is 5. The maximum Gasteiger partial charge on any atom is 0.407 e. The van der Waals surface area contributed by atoms with Crippen LogP contribution in [0.25, 0.3) is 0 Å². The predicted octanol–water partition coefficient (Wildman–Crippen LogP) is 0.178. The molecule has 1 amide bonds. The fraction of sp³-hybridized carbons (Fsp3) is 0.818. The number of aliphatic hydroxyl groups excluding tert-OH is 1. The van der Waals surface area contributed by atoms with Crippen molar-refractivity contribution in [2.75, 3.05) is 6.54 Å². The van der Waals surface area contributed by atoms with Crippen molar-refractivity contribution in [3.05, 3.63) is 0 Å². The van der Waals surface area contributed by atoms with Gasteiger partial charge in [-0.2, -0.15) is 0 Å². The highest BCUT2D eigenvalue weighted by Crippen LogP contribution is 2.06. The first-order valence-corrected chi connectivity index (χ1v) is 5.60. The van der Waals surface area contributed by atoms with Crippen LogP contribution in [-0.2, 0) is 9.53 Å². The third kappa shape index (κ3) is 9.77. The zero-order valence-corrected chi connectivity index (χ0v) is 10.6. The van der Waals surface area contributed by atoms with Crippen LogP contribution in [0.5, 0.6) is 0 Å². The Kier molecular flexibility index (Phi) is 6.75. The first kappa shape index (κ1) is 15.9. The lowest BCUT2D eigenvalue weighted by Crippen LogP contribution is -2.37. The average Bonchev–Trinajstić information content (AvgIpc) is 2.20. The number of alkyl carbamates (subject to hydrolysis) is 1. The number of ether oxygens (including phenoxy) is 1. The maximum absolute atomic E-state index is 11.2. The van der Waals surface area contributed by atoms with Gasteiger partial charge < -0.3 is 25.7 Å². The molecule has 6 nitrogen and oxygen atoms in total. The predicted molar refractivity (Wildman–Crippen MR) is 63.5 cm³/mol. The van der Waals surface area contributed by atoms with E-state index in [1.54, 1.807) is 20.8 Å². The Morgan fingerprint density at radius 3 is 2.53 bits per heavy atom. The molecule has 0 saturated heterocycles. The Morgan fingerprint density at radius 1 is 1.47 bits per heavy atom. The number of rotatable bonds is 6. The molecule has 0 aliphatic carbocycles. The van der Waals surface area contributed by atoms with E-state index in [-0.39, 0.29) is 6.54 Å². The number of carbonyl (C=O) groups is 2. The lowest BCUT2D eigenvalue weighted by Gasteiger charge is -2.20. The molecule has 0 aromatic carbocycles. The minimum Gasteiger partial charge on any atom is -0.444 e. The van der Waals surface area contributed by atoms with E-state index in [2.05, 4.69) is 5.32 Å². The monoisotopic (exact) mass is 246 g/mol. The van der Waals surface area contributed by atoms with Gasteiger partial charge in [-0.05, 0) is 33.6 Å². The topological polar surface area (TPSA) is 102 Å². The summed E-state index contributed by atoms with van der Waals surface area (Å²) < 4.78 is 4.99. The summed E-state index contributed by atoms with van der Waals surface area (Å²) in [7, 11) is 0. The Bertz CT molecular complexity index is 250. The molecule has 4 N–H and O–H groups in total. The van der Waals surface area contributed by atoms with Gasteiger partial charge in [0.25, 0.3) is 0 Å². The lowest BCUT2D eigenvalue weighted by molar-refractivity contribution is -0.109. The summed E-state index contributed by atoms with van der Waals surface area (Å²) in [5, 5.41) is 11.9. The van der Waals surface area contributed by atoms with E-state index < -0.39 is 23.8 Å². The second-order valence-electron chi connectivity index (χ2n) is 4.91. The van der Waals surface area contributed by atoms with Crippen molar-refractivity contribution >= 4 is 12.4 Å². The van der Waals surface area contributed by atoms with Crippen LogP contribution in [0.15, 0.2) is 0 Å². The molecule has 0 spiro atoms. The molecule has 0 aromatic heterocycles. The molecular formula is C11H22N2O4. The zero-order valence-electron chi connectivity index (χ0n) is 10.6. The molecule has 0 fully saturated rings. The normalized spacial score (nSPS) is 14.9. The highest BCUT2D eigenvalue weighted by molar-refractivity contribution is 5.67. The highest BCUT2D eigenvalue weighted by Gasteiger charge is 2.16. The highest BCUT2D eigenvalue weighted by atomic mass is 16.6. The van der Waals surface area contributed by atoms with Crippen LogP contribution < -0.4 is 11.1 Å². The molecule has 0 radical (unpaired) electrons. The summed E-state index contributed by atoms with van der Waals surface area (Å²) in [4.78, 5) is 21.5. The van der Waals surface area contributed by atoms with E-state index in [9.17, 15) is 14.7 Å². The number of hydrogen-bond donors (Lipinski definition) is 3. The zero-order chi connectivity index (χ0) is 13.5. The smallest absolute Gasteiger partial charge is 0.407 e. The maximum atomic E-state index is 11.2. The van der Waals surface area contributed by atoms with E-state index in [4.69, 9.17) is 10.5 Å². The largest absolute Gasteiger partial charge is 0.444 e. The van der Waals surface area contributed by atoms with E-state index in [1.165, 1.54) is 0 Å². The number of aldehydes is 1. The molecule has 0 saturated carbocycles. The lowest BCUT2D eigenvalue weighted by atomic mass is 10.1. The fourth-order valence-electron chi connectivity index (χ4n) is 1.07. The average molecular weight is 246 g/mol. The number of nitrogens with two attached hydrogens (primary N) is 1. The molecule has 0 bridgehead atoms. The Hall–Kier alpha value is -1.14. The molecule has 0 aromatic rings. The van der Waals surface area contributed by atoms with Gasteiger partial charge in [0.2, 0.25) is 0 Å². The van der Waals surface area contributed by atoms with Gasteiger partial charge in [-0.25, -0.2) is 4.79 Å². The second kappa shape index (κ2) is 7.24. The number of carbonyl (C=O) groups excluding carboxylic acids is 2. The van der Waals surface area contributed by atoms with Gasteiger partial charge in [-0.15, -0.1) is 0 Å². The minimum atomic E-state index is -0.728. The van der Waals surface area contributed by atoms with Crippen molar-refractivity contribution in [1.29, 1.82) is 0 Å². The van der Waals surface area contributed by atoms with Gasteiger partial charge in [0, 0.05) is 6.54 Å². The molecule has 0 aliphatic heterocycles. The van der Waals surface area contributed by atoms with Crippen molar-refractivity contribution in [2.45, 2.75) is 51.4 Å². The quantitative estimate of drug-likeness (QED) is 0.580. The molecule has 2 unspecified atom stereocenters. The summed E-state index contributed by atoms with van der Waals surface area (Å²) in [5.41, 5.74) is 4.81. The van der Waals surface area contributed by atoms with Gasteiger partial charge in [0.1, 0.15) is 11.9 Å². The van der Waals surface area contributed by atoms with E-state index >= 15 is 0 Å². The molecule has 100 valence electrons. The van der Waals surface area contributed by atoms with Crippen LogP contribution >= 0.6 is 0 Å². The molecule has 6 heteroatoms. The molecule has 0 aliphatic rings. The van der Waals surface area contributed by atoms with Gasteiger partial charge in [-0.1, -0.05) is 0 Å². The first-order valence-electron chi connectivity index (χ1n) is 5.60. The number of amides is 1. The summed E-state index contributed by atoms with van der Waals surface area (Å²) in [6.07, 6.45) is 0.0782. The van der Waals surface area contributed by atoms with E-state index in [0.717, 1.165) is 0 Å². The van der Waals surface area contributed by atoms with Gasteiger partial charge in [0.05, 0.1) is 12.1 Å². The number of aliphatic hydroxyl groups is 1. The summed E-state index contributed by atoms with van der Waals surface area (Å²) in [6.45, 7) is 5.35. The number of nitrogens with one attached hydrogen (secondary N) is 1. The van der Waals surface area contributed by atoms with Gasteiger partial charge in [-0.3, -0.25) is 0 Å². The summed E-state index contributed by atoms with van der Waals surface area (Å²) in [5.74, 6) is 0. The minimum absolute atomic E-state index is 0.0838. The third-order valence-corrected chi connectivity index (χ3v) is 1.89. The van der Waals surface area contributed by atoms with Crippen molar-refractivity contribution in [3.63, 3.8) is 0 Å². The SMILES string of the molecule is CC(C)(C)OC(=O)NCC(O)CCC(N)C=O. The Morgan fingerprint density at radius 2 is 2.06 bits per heavy atom. The molecule has 0 heterocycles. The van der Waals surface area contributed by atoms with Crippen molar-refractivity contribution in [1.82, 2.24) is 5.32 Å². The van der Waals surface area contributed by atoms with Gasteiger partial charge >= 0.3 is 6.09 Å². The second-order valence-corrected chi connectivity index (χ2v) is 4.91. The first-order chi connectivity index (χ1) is 7.74. The molecule has 17 heavy (non-hydrogen) atoms. The fourth-order valence-corrected chi connectivity index (χ4v) is 1.07. The van der Waals surface area contributed by atoms with Crippen molar-refractivity contribution in [3.8, 4) is 0 Å². The molecule has 2 atom stereocenters. The van der Waals surface area contributed by atoms with Crippen LogP contribution in [-0.4, -0.2) is 41.8 Å². The Balaban J connectivity index is 3.73. The van der Waals surface area contributed by atoms with Crippen molar-refractivity contribution in [2.24, 2.45) is 5.73 Å². The standard InChI is InChI=1S/C11H22N2O4/c1-11(2,3)17-10(16)13-6-9(15)5-4-8(12)7-14/h7-9,15H,4-6,12H2,1-3H3,(H,13,16). The van der Waals surface area contributed by atoms with Crippen LogP contribution in [0.1, 0.15) is 33.6 Å². The summed E-state index contributed by atoms with van der Waals surface area (Å²) in [6, 6.07) is -0.564.